The zero-order valence-electron chi connectivity index (χ0n) is 11.6. The number of nitrogens with one attached hydrogen (secondary N) is 1. The predicted molar refractivity (Wildman–Crippen MR) is 75.9 cm³/mol. The summed E-state index contributed by atoms with van der Waals surface area (Å²) in [7, 11) is 0. The molecule has 0 saturated carbocycles. The van der Waals surface area contributed by atoms with Crippen LogP contribution < -0.4 is 5.32 Å². The molecule has 100 valence electrons. The van der Waals surface area contributed by atoms with Crippen LogP contribution in [-0.4, -0.2) is 25.3 Å². The fourth-order valence-electron chi connectivity index (χ4n) is 2.64. The first-order valence-corrected chi connectivity index (χ1v) is 7.15. The van der Waals surface area contributed by atoms with Gasteiger partial charge in [0.15, 0.2) is 0 Å². The van der Waals surface area contributed by atoms with Crippen molar-refractivity contribution in [2.45, 2.75) is 51.2 Å². The van der Waals surface area contributed by atoms with Gasteiger partial charge in [-0.25, -0.2) is 0 Å². The summed E-state index contributed by atoms with van der Waals surface area (Å²) in [6, 6.07) is 11.4. The monoisotopic (exact) mass is 247 g/mol. The number of ether oxygens (including phenoxy) is 1. The highest BCUT2D eigenvalue weighted by Crippen LogP contribution is 2.18. The van der Waals surface area contributed by atoms with Gasteiger partial charge in [-0.05, 0) is 44.2 Å². The molecule has 1 heterocycles. The Hall–Kier alpha value is -0.860. The van der Waals surface area contributed by atoms with Crippen molar-refractivity contribution in [2.75, 3.05) is 13.2 Å². The molecule has 2 nitrogen and oxygen atoms in total. The molecule has 3 atom stereocenters. The van der Waals surface area contributed by atoms with Crippen LogP contribution in [0.25, 0.3) is 0 Å². The van der Waals surface area contributed by atoms with Crippen LogP contribution in [0.3, 0.4) is 0 Å². The van der Waals surface area contributed by atoms with E-state index in [0.29, 0.717) is 18.1 Å². The summed E-state index contributed by atoms with van der Waals surface area (Å²) in [6.07, 6.45) is 3.93. The molecule has 1 aromatic rings. The van der Waals surface area contributed by atoms with E-state index in [4.69, 9.17) is 4.74 Å². The van der Waals surface area contributed by atoms with E-state index < -0.39 is 0 Å². The Morgan fingerprint density at radius 3 is 2.83 bits per heavy atom. The Balaban J connectivity index is 1.69. The standard InChI is InChI=1S/C16H25NO/c1-13(15-6-4-3-5-7-15)8-10-17-16-9-11-18-14(2)12-16/h3-7,13-14,16-17H,8-12H2,1-2H3. The minimum absolute atomic E-state index is 0.419. The van der Waals surface area contributed by atoms with Gasteiger partial charge in [0.2, 0.25) is 0 Å². The summed E-state index contributed by atoms with van der Waals surface area (Å²) in [6.45, 7) is 6.49. The van der Waals surface area contributed by atoms with Gasteiger partial charge in [0.25, 0.3) is 0 Å². The van der Waals surface area contributed by atoms with Gasteiger partial charge in [-0.3, -0.25) is 0 Å². The van der Waals surface area contributed by atoms with Gasteiger partial charge >= 0.3 is 0 Å². The lowest BCUT2D eigenvalue weighted by atomic mass is 9.97. The minimum atomic E-state index is 0.419. The fraction of sp³-hybridized carbons (Fsp3) is 0.625. The van der Waals surface area contributed by atoms with Crippen molar-refractivity contribution in [1.29, 1.82) is 0 Å². The lowest BCUT2D eigenvalue weighted by Crippen LogP contribution is -2.38. The van der Waals surface area contributed by atoms with Gasteiger partial charge in [-0.2, -0.15) is 0 Å². The third-order valence-corrected chi connectivity index (χ3v) is 3.86. The van der Waals surface area contributed by atoms with E-state index in [0.717, 1.165) is 26.0 Å². The van der Waals surface area contributed by atoms with E-state index in [1.54, 1.807) is 0 Å². The molecule has 0 spiro atoms. The zero-order valence-corrected chi connectivity index (χ0v) is 11.6. The molecule has 3 unspecified atom stereocenters. The molecule has 0 aliphatic carbocycles. The molecule has 1 fully saturated rings. The molecular formula is C16H25NO. The van der Waals surface area contributed by atoms with Crippen molar-refractivity contribution < 1.29 is 4.74 Å². The van der Waals surface area contributed by atoms with E-state index >= 15 is 0 Å². The summed E-state index contributed by atoms with van der Waals surface area (Å²) >= 11 is 0. The number of benzene rings is 1. The van der Waals surface area contributed by atoms with Gasteiger partial charge in [0, 0.05) is 12.6 Å². The Morgan fingerprint density at radius 1 is 1.33 bits per heavy atom. The van der Waals surface area contributed by atoms with E-state index in [1.807, 2.05) is 0 Å². The fourth-order valence-corrected chi connectivity index (χ4v) is 2.64. The first kappa shape index (κ1) is 13.6. The van der Waals surface area contributed by atoms with Crippen molar-refractivity contribution >= 4 is 0 Å². The van der Waals surface area contributed by atoms with Crippen LogP contribution in [0.4, 0.5) is 0 Å². The topological polar surface area (TPSA) is 21.3 Å². The summed E-state index contributed by atoms with van der Waals surface area (Å²) in [5.41, 5.74) is 1.44. The maximum atomic E-state index is 5.56. The van der Waals surface area contributed by atoms with Crippen molar-refractivity contribution in [1.82, 2.24) is 5.32 Å². The van der Waals surface area contributed by atoms with Crippen LogP contribution in [0, 0.1) is 0 Å². The normalized spacial score (nSPS) is 25.9. The maximum absolute atomic E-state index is 5.56. The van der Waals surface area contributed by atoms with E-state index in [9.17, 15) is 0 Å². The summed E-state index contributed by atoms with van der Waals surface area (Å²) in [5, 5.41) is 3.67. The zero-order chi connectivity index (χ0) is 12.8. The SMILES string of the molecule is CC1CC(NCCC(C)c2ccccc2)CCO1. The smallest absolute Gasteiger partial charge is 0.0561 e. The first-order chi connectivity index (χ1) is 8.75. The molecule has 2 rings (SSSR count). The molecule has 0 bridgehead atoms. The van der Waals surface area contributed by atoms with Crippen LogP contribution in [0.1, 0.15) is 44.6 Å². The Kier molecular flexibility index (Phi) is 5.21. The largest absolute Gasteiger partial charge is 0.378 e. The second-order valence-corrected chi connectivity index (χ2v) is 5.46. The highest BCUT2D eigenvalue weighted by Gasteiger charge is 2.18. The Labute approximate surface area is 111 Å². The number of hydrogen-bond acceptors (Lipinski definition) is 2. The molecule has 0 aromatic heterocycles. The van der Waals surface area contributed by atoms with E-state index in [-0.39, 0.29) is 0 Å². The summed E-state index contributed by atoms with van der Waals surface area (Å²) in [5.74, 6) is 0.635. The molecule has 1 saturated heterocycles. The van der Waals surface area contributed by atoms with Gasteiger partial charge in [0.05, 0.1) is 6.10 Å². The minimum Gasteiger partial charge on any atom is -0.378 e. The average Bonchev–Trinajstić information content (AvgIpc) is 2.40. The van der Waals surface area contributed by atoms with E-state index in [1.165, 1.54) is 12.0 Å². The lowest BCUT2D eigenvalue weighted by Gasteiger charge is -2.28. The number of rotatable bonds is 5. The third-order valence-electron chi connectivity index (χ3n) is 3.86. The van der Waals surface area contributed by atoms with Crippen LogP contribution in [0.5, 0.6) is 0 Å². The second kappa shape index (κ2) is 6.91. The molecule has 0 amide bonds. The summed E-state index contributed by atoms with van der Waals surface area (Å²) in [4.78, 5) is 0. The quantitative estimate of drug-likeness (QED) is 0.861. The van der Waals surface area contributed by atoms with Gasteiger partial charge in [-0.1, -0.05) is 37.3 Å². The molecule has 2 heteroatoms. The van der Waals surface area contributed by atoms with Gasteiger partial charge < -0.3 is 10.1 Å². The third kappa shape index (κ3) is 4.11. The molecule has 1 N–H and O–H groups in total. The van der Waals surface area contributed by atoms with Crippen LogP contribution in [-0.2, 0) is 4.74 Å². The van der Waals surface area contributed by atoms with Gasteiger partial charge in [-0.15, -0.1) is 0 Å². The average molecular weight is 247 g/mol. The summed E-state index contributed by atoms with van der Waals surface area (Å²) < 4.78 is 5.56. The molecule has 0 radical (unpaired) electrons. The van der Waals surface area contributed by atoms with Crippen LogP contribution >= 0.6 is 0 Å². The van der Waals surface area contributed by atoms with Crippen molar-refractivity contribution in [3.05, 3.63) is 35.9 Å². The second-order valence-electron chi connectivity index (χ2n) is 5.46. The Bertz CT molecular complexity index is 338. The Morgan fingerprint density at radius 2 is 2.11 bits per heavy atom. The highest BCUT2D eigenvalue weighted by molar-refractivity contribution is 5.18. The van der Waals surface area contributed by atoms with Crippen molar-refractivity contribution in [3.63, 3.8) is 0 Å². The molecule has 18 heavy (non-hydrogen) atoms. The lowest BCUT2D eigenvalue weighted by molar-refractivity contribution is 0.0133. The molecule has 1 aliphatic rings. The highest BCUT2D eigenvalue weighted by atomic mass is 16.5. The van der Waals surface area contributed by atoms with E-state index in [2.05, 4.69) is 49.5 Å². The van der Waals surface area contributed by atoms with Crippen molar-refractivity contribution in [3.8, 4) is 0 Å². The molecule has 1 aromatic carbocycles. The first-order valence-electron chi connectivity index (χ1n) is 7.15. The maximum Gasteiger partial charge on any atom is 0.0561 e. The molecular weight excluding hydrogens is 222 g/mol. The van der Waals surface area contributed by atoms with Crippen LogP contribution in [0.2, 0.25) is 0 Å². The van der Waals surface area contributed by atoms with Gasteiger partial charge in [0.1, 0.15) is 0 Å². The molecule has 1 aliphatic heterocycles. The predicted octanol–water partition coefficient (Wildman–Crippen LogP) is 3.34. The van der Waals surface area contributed by atoms with Crippen molar-refractivity contribution in [2.24, 2.45) is 0 Å². The number of hydrogen-bond donors (Lipinski definition) is 1. The van der Waals surface area contributed by atoms with Crippen LogP contribution in [0.15, 0.2) is 30.3 Å².